The summed E-state index contributed by atoms with van der Waals surface area (Å²) in [5, 5.41) is 3.19. The third kappa shape index (κ3) is 2.18. The summed E-state index contributed by atoms with van der Waals surface area (Å²) in [5.41, 5.74) is 2.52. The van der Waals surface area contributed by atoms with Gasteiger partial charge in [0, 0.05) is 6.54 Å². The van der Waals surface area contributed by atoms with Crippen LogP contribution in [-0.2, 0) is 22.5 Å². The Balaban J connectivity index is 2.08. The number of hydrogen-bond donors (Lipinski definition) is 1. The SMILES string of the molecule is CCOC(=O)[C@@H]1Cc2ccccc2CN1. The smallest absolute Gasteiger partial charge is 0.323 e. The molecular weight excluding hydrogens is 190 g/mol. The molecule has 80 valence electrons. The summed E-state index contributed by atoms with van der Waals surface area (Å²) >= 11 is 0. The Labute approximate surface area is 89.4 Å². The number of rotatable bonds is 2. The molecule has 1 N–H and O–H groups in total. The van der Waals surface area contributed by atoms with Gasteiger partial charge in [0.25, 0.3) is 0 Å². The molecule has 3 nitrogen and oxygen atoms in total. The Hall–Kier alpha value is -1.35. The Morgan fingerprint density at radius 3 is 2.93 bits per heavy atom. The van der Waals surface area contributed by atoms with Crippen LogP contribution >= 0.6 is 0 Å². The monoisotopic (exact) mass is 205 g/mol. The Morgan fingerprint density at radius 1 is 1.47 bits per heavy atom. The maximum atomic E-state index is 11.5. The van der Waals surface area contributed by atoms with Gasteiger partial charge in [-0.25, -0.2) is 0 Å². The molecule has 15 heavy (non-hydrogen) atoms. The Morgan fingerprint density at radius 2 is 2.20 bits per heavy atom. The predicted octanol–water partition coefficient (Wildman–Crippen LogP) is 1.26. The van der Waals surface area contributed by atoms with E-state index < -0.39 is 0 Å². The van der Waals surface area contributed by atoms with Crippen molar-refractivity contribution in [2.75, 3.05) is 6.61 Å². The van der Waals surface area contributed by atoms with Crippen molar-refractivity contribution in [1.29, 1.82) is 0 Å². The van der Waals surface area contributed by atoms with Gasteiger partial charge in [0.05, 0.1) is 6.61 Å². The molecule has 0 saturated carbocycles. The predicted molar refractivity (Wildman–Crippen MR) is 57.4 cm³/mol. The second-order valence-corrected chi connectivity index (χ2v) is 3.66. The fraction of sp³-hybridized carbons (Fsp3) is 0.417. The first-order chi connectivity index (χ1) is 7.31. The van der Waals surface area contributed by atoms with Gasteiger partial charge in [0.2, 0.25) is 0 Å². The molecule has 0 saturated heterocycles. The van der Waals surface area contributed by atoms with E-state index in [2.05, 4.69) is 17.4 Å². The number of benzene rings is 1. The molecule has 1 aliphatic rings. The maximum Gasteiger partial charge on any atom is 0.323 e. The first-order valence-corrected chi connectivity index (χ1v) is 5.28. The van der Waals surface area contributed by atoms with Crippen LogP contribution in [0.4, 0.5) is 0 Å². The second kappa shape index (κ2) is 4.45. The molecule has 0 unspecified atom stereocenters. The van der Waals surface area contributed by atoms with Crippen molar-refractivity contribution in [2.45, 2.75) is 25.9 Å². The van der Waals surface area contributed by atoms with Crippen LogP contribution in [0.5, 0.6) is 0 Å². The van der Waals surface area contributed by atoms with Gasteiger partial charge in [0.1, 0.15) is 6.04 Å². The van der Waals surface area contributed by atoms with E-state index in [1.807, 2.05) is 19.1 Å². The van der Waals surface area contributed by atoms with Crippen LogP contribution in [-0.4, -0.2) is 18.6 Å². The van der Waals surface area contributed by atoms with E-state index in [1.165, 1.54) is 11.1 Å². The van der Waals surface area contributed by atoms with Crippen LogP contribution in [0.2, 0.25) is 0 Å². The summed E-state index contributed by atoms with van der Waals surface area (Å²) in [4.78, 5) is 11.5. The average Bonchev–Trinajstić information content (AvgIpc) is 2.29. The number of esters is 1. The lowest BCUT2D eigenvalue weighted by atomic mass is 9.96. The number of fused-ring (bicyclic) bond motifs is 1. The molecule has 0 radical (unpaired) electrons. The van der Waals surface area contributed by atoms with E-state index in [0.29, 0.717) is 6.61 Å². The van der Waals surface area contributed by atoms with Crippen LogP contribution in [0.15, 0.2) is 24.3 Å². The quantitative estimate of drug-likeness (QED) is 0.739. The summed E-state index contributed by atoms with van der Waals surface area (Å²) in [7, 11) is 0. The number of carbonyl (C=O) groups is 1. The third-order valence-electron chi connectivity index (χ3n) is 2.65. The first-order valence-electron chi connectivity index (χ1n) is 5.28. The molecule has 0 amide bonds. The number of carbonyl (C=O) groups excluding carboxylic acids is 1. The zero-order valence-electron chi connectivity index (χ0n) is 8.82. The summed E-state index contributed by atoms with van der Waals surface area (Å²) in [6, 6.07) is 8.00. The van der Waals surface area contributed by atoms with Gasteiger partial charge in [0.15, 0.2) is 0 Å². The zero-order valence-corrected chi connectivity index (χ0v) is 8.82. The lowest BCUT2D eigenvalue weighted by molar-refractivity contribution is -0.145. The normalized spacial score (nSPS) is 19.4. The van der Waals surface area contributed by atoms with Crippen LogP contribution in [0.1, 0.15) is 18.1 Å². The number of nitrogens with one attached hydrogen (secondary N) is 1. The van der Waals surface area contributed by atoms with Crippen LogP contribution < -0.4 is 5.32 Å². The van der Waals surface area contributed by atoms with Crippen molar-refractivity contribution in [3.8, 4) is 0 Å². The molecule has 0 fully saturated rings. The van der Waals surface area contributed by atoms with E-state index in [9.17, 15) is 4.79 Å². The molecule has 1 heterocycles. The van der Waals surface area contributed by atoms with Crippen molar-refractivity contribution in [3.05, 3.63) is 35.4 Å². The highest BCUT2D eigenvalue weighted by atomic mass is 16.5. The highest BCUT2D eigenvalue weighted by molar-refractivity contribution is 5.76. The minimum atomic E-state index is -0.181. The molecule has 1 aromatic carbocycles. The number of hydrogen-bond acceptors (Lipinski definition) is 3. The van der Waals surface area contributed by atoms with E-state index in [-0.39, 0.29) is 12.0 Å². The standard InChI is InChI=1S/C12H15NO2/c1-2-15-12(14)11-7-9-5-3-4-6-10(9)8-13-11/h3-6,11,13H,2,7-8H2,1H3/t11-/m0/s1. The highest BCUT2D eigenvalue weighted by Gasteiger charge is 2.24. The van der Waals surface area contributed by atoms with E-state index in [4.69, 9.17) is 4.74 Å². The van der Waals surface area contributed by atoms with Crippen molar-refractivity contribution >= 4 is 5.97 Å². The minimum absolute atomic E-state index is 0.146. The first kappa shape index (κ1) is 10.2. The summed E-state index contributed by atoms with van der Waals surface area (Å²) in [5.74, 6) is -0.146. The van der Waals surface area contributed by atoms with E-state index in [1.54, 1.807) is 0 Å². The fourth-order valence-corrected chi connectivity index (χ4v) is 1.86. The molecule has 0 aromatic heterocycles. The molecule has 3 heteroatoms. The van der Waals surface area contributed by atoms with Crippen LogP contribution in [0, 0.1) is 0 Å². The molecule has 1 aromatic rings. The van der Waals surface area contributed by atoms with Crippen molar-refractivity contribution in [2.24, 2.45) is 0 Å². The molecule has 0 bridgehead atoms. The Bertz CT molecular complexity index is 362. The molecular formula is C12H15NO2. The van der Waals surface area contributed by atoms with E-state index >= 15 is 0 Å². The molecule has 1 aliphatic heterocycles. The van der Waals surface area contributed by atoms with Gasteiger partial charge < -0.3 is 10.1 Å². The molecule has 1 atom stereocenters. The molecule has 2 rings (SSSR count). The van der Waals surface area contributed by atoms with Crippen LogP contribution in [0.25, 0.3) is 0 Å². The Kier molecular flexibility index (Phi) is 3.02. The van der Waals surface area contributed by atoms with Crippen LogP contribution in [0.3, 0.4) is 0 Å². The minimum Gasteiger partial charge on any atom is -0.465 e. The highest BCUT2D eigenvalue weighted by Crippen LogP contribution is 2.16. The van der Waals surface area contributed by atoms with E-state index in [0.717, 1.165) is 13.0 Å². The maximum absolute atomic E-state index is 11.5. The molecule has 0 aliphatic carbocycles. The second-order valence-electron chi connectivity index (χ2n) is 3.66. The fourth-order valence-electron chi connectivity index (χ4n) is 1.86. The summed E-state index contributed by atoms with van der Waals surface area (Å²) < 4.78 is 4.99. The summed E-state index contributed by atoms with van der Waals surface area (Å²) in [6.45, 7) is 3.02. The van der Waals surface area contributed by atoms with Gasteiger partial charge >= 0.3 is 5.97 Å². The molecule has 0 spiro atoms. The van der Waals surface area contributed by atoms with Gasteiger partial charge in [-0.1, -0.05) is 24.3 Å². The average molecular weight is 205 g/mol. The van der Waals surface area contributed by atoms with Gasteiger partial charge in [-0.3, -0.25) is 4.79 Å². The van der Waals surface area contributed by atoms with Crippen molar-refractivity contribution in [1.82, 2.24) is 5.32 Å². The summed E-state index contributed by atoms with van der Waals surface area (Å²) in [6.07, 6.45) is 0.731. The van der Waals surface area contributed by atoms with Crippen molar-refractivity contribution < 1.29 is 9.53 Å². The van der Waals surface area contributed by atoms with Crippen molar-refractivity contribution in [3.63, 3.8) is 0 Å². The van der Waals surface area contributed by atoms with Gasteiger partial charge in [-0.05, 0) is 24.5 Å². The topological polar surface area (TPSA) is 38.3 Å². The largest absolute Gasteiger partial charge is 0.465 e. The zero-order chi connectivity index (χ0) is 10.7. The third-order valence-corrected chi connectivity index (χ3v) is 2.65. The number of ether oxygens (including phenoxy) is 1. The van der Waals surface area contributed by atoms with Gasteiger partial charge in [-0.2, -0.15) is 0 Å². The lowest BCUT2D eigenvalue weighted by Gasteiger charge is -2.24. The van der Waals surface area contributed by atoms with Gasteiger partial charge in [-0.15, -0.1) is 0 Å². The lowest BCUT2D eigenvalue weighted by Crippen LogP contribution is -2.42.